The minimum Gasteiger partial charge on any atom is -0.388 e. The van der Waals surface area contributed by atoms with Crippen LogP contribution < -0.4 is 9.40 Å². The van der Waals surface area contributed by atoms with Gasteiger partial charge in [0.25, 0.3) is 5.69 Å². The maximum absolute atomic E-state index is 14.7. The number of fused-ring (bicyclic) bond motifs is 1. The minimum atomic E-state index is -4.32. The molecule has 3 rings (SSSR count). The number of nitrogens with zero attached hydrogens (tertiary/aromatic N) is 5. The third-order valence-electron chi connectivity index (χ3n) is 3.40. The van der Waals surface area contributed by atoms with Crippen molar-refractivity contribution in [3.8, 4) is 6.07 Å². The Labute approximate surface area is 128 Å². The number of pyridine rings is 1. The highest BCUT2D eigenvalue weighted by molar-refractivity contribution is 6.62. The summed E-state index contributed by atoms with van der Waals surface area (Å²) >= 11 is 0. The van der Waals surface area contributed by atoms with Crippen LogP contribution in [0.2, 0.25) is 0 Å². The average molecular weight is 315 g/mol. The molecule has 0 saturated carbocycles. The van der Waals surface area contributed by atoms with Crippen LogP contribution in [0.5, 0.6) is 0 Å². The first-order valence-electron chi connectivity index (χ1n) is 6.50. The highest BCUT2D eigenvalue weighted by Crippen LogP contribution is 2.27. The van der Waals surface area contributed by atoms with E-state index in [0.717, 1.165) is 12.1 Å². The molecule has 1 aromatic heterocycles. The van der Waals surface area contributed by atoms with Gasteiger partial charge in [-0.15, -0.1) is 0 Å². The fraction of sp³-hybridized carbons (Fsp3) is 0. The van der Waals surface area contributed by atoms with Crippen molar-refractivity contribution in [3.63, 3.8) is 0 Å². The lowest BCUT2D eigenvalue weighted by Crippen LogP contribution is -2.72. The summed E-state index contributed by atoms with van der Waals surface area (Å²) < 4.78 is 30.1. The van der Waals surface area contributed by atoms with Crippen LogP contribution >= 0.6 is 0 Å². The Bertz CT molecular complexity index is 863. The summed E-state index contributed by atoms with van der Waals surface area (Å²) in [5, 5.41) is 23.5. The van der Waals surface area contributed by atoms with Crippen molar-refractivity contribution < 1.29 is 18.0 Å². The number of non-ortho nitro benzene ring substituents is 1. The molecule has 114 valence electrons. The first kappa shape index (κ1) is 14.6. The first-order valence-corrected chi connectivity index (χ1v) is 6.50. The van der Waals surface area contributed by atoms with Crippen LogP contribution in [-0.2, 0) is 0 Å². The quantitative estimate of drug-likeness (QED) is 0.481. The molecule has 0 N–H and O–H groups in total. The summed E-state index contributed by atoms with van der Waals surface area (Å²) in [6.07, 6.45) is 1.17. The normalized spacial score (nSPS) is 15.3. The molecular weight excluding hydrogens is 307 g/mol. The summed E-state index contributed by atoms with van der Waals surface area (Å²) in [5.74, 6) is 0. The number of aromatic nitrogens is 1. The Morgan fingerprint density at radius 3 is 2.57 bits per heavy atom. The number of nitro groups is 1. The zero-order chi connectivity index (χ0) is 16.6. The molecule has 0 unspecified atom stereocenters. The van der Waals surface area contributed by atoms with E-state index in [-0.39, 0.29) is 22.8 Å². The molecular formula is C13H8BF2N5O2. The van der Waals surface area contributed by atoms with Crippen LogP contribution in [0.25, 0.3) is 0 Å². The van der Waals surface area contributed by atoms with Crippen molar-refractivity contribution in [2.24, 2.45) is 5.10 Å². The molecule has 2 aromatic rings. The number of anilines is 1. The number of nitro benzene ring substituents is 1. The molecule has 0 fully saturated rings. The van der Waals surface area contributed by atoms with Gasteiger partial charge in [0.15, 0.2) is 5.69 Å². The van der Waals surface area contributed by atoms with Gasteiger partial charge in [0.1, 0.15) is 12.3 Å². The van der Waals surface area contributed by atoms with Crippen LogP contribution in [0.15, 0.2) is 53.8 Å². The molecule has 1 aliphatic heterocycles. The summed E-state index contributed by atoms with van der Waals surface area (Å²) in [6, 6.07) is 10.7. The second kappa shape index (κ2) is 5.13. The van der Waals surface area contributed by atoms with Crippen LogP contribution in [0.4, 0.5) is 20.0 Å². The highest BCUT2D eigenvalue weighted by Gasteiger charge is 2.53. The number of rotatable bonds is 2. The molecule has 7 nitrogen and oxygen atoms in total. The molecule has 0 spiro atoms. The average Bonchev–Trinajstić information content (AvgIpc) is 2.55. The largest absolute Gasteiger partial charge is 0.753 e. The molecule has 0 radical (unpaired) electrons. The van der Waals surface area contributed by atoms with E-state index in [9.17, 15) is 18.7 Å². The second-order valence-corrected chi connectivity index (χ2v) is 4.76. The van der Waals surface area contributed by atoms with Gasteiger partial charge in [0, 0.05) is 23.9 Å². The Balaban J connectivity index is 2.13. The number of nitriles is 1. The molecule has 10 heteroatoms. The summed E-state index contributed by atoms with van der Waals surface area (Å²) in [5.41, 5.74) is -0.426. The predicted octanol–water partition coefficient (Wildman–Crippen LogP) is 1.85. The van der Waals surface area contributed by atoms with Gasteiger partial charge in [0.05, 0.1) is 4.92 Å². The van der Waals surface area contributed by atoms with Crippen LogP contribution in [-0.4, -0.2) is 17.6 Å². The number of hydrogen-bond donors (Lipinski definition) is 0. The number of hydrazone groups is 1. The van der Waals surface area contributed by atoms with Crippen molar-refractivity contribution in [3.05, 3.63) is 64.5 Å². The van der Waals surface area contributed by atoms with Gasteiger partial charge in [-0.3, -0.25) is 10.1 Å². The molecule has 0 atom stereocenters. The van der Waals surface area contributed by atoms with Crippen LogP contribution in [0.1, 0.15) is 5.69 Å². The molecule has 0 aliphatic carbocycles. The van der Waals surface area contributed by atoms with Gasteiger partial charge in [-0.05, 0) is 18.2 Å². The zero-order valence-electron chi connectivity index (χ0n) is 11.5. The maximum Gasteiger partial charge on any atom is 0.753 e. The van der Waals surface area contributed by atoms with Crippen molar-refractivity contribution in [2.45, 2.75) is 0 Å². The van der Waals surface area contributed by atoms with Gasteiger partial charge in [-0.1, -0.05) is 6.07 Å². The first-order chi connectivity index (χ1) is 10.9. The standard InChI is InChI=1S/C13H8BF2N5O2/c15-14(16)19-8-2-1-3-13(19)12(9-17)18-20(14)10-4-6-11(7-5-10)21(22)23/h1-8H. The van der Waals surface area contributed by atoms with E-state index in [0.29, 0.717) is 9.40 Å². The molecule has 0 bridgehead atoms. The Kier molecular flexibility index (Phi) is 3.26. The van der Waals surface area contributed by atoms with E-state index in [1.807, 2.05) is 0 Å². The highest BCUT2D eigenvalue weighted by atomic mass is 19.2. The van der Waals surface area contributed by atoms with E-state index in [2.05, 4.69) is 5.10 Å². The lowest BCUT2D eigenvalue weighted by atomic mass is 9.91. The molecule has 1 aromatic carbocycles. The number of benzene rings is 1. The third kappa shape index (κ3) is 2.28. The third-order valence-corrected chi connectivity index (χ3v) is 3.40. The van der Waals surface area contributed by atoms with E-state index < -0.39 is 11.9 Å². The zero-order valence-corrected chi connectivity index (χ0v) is 11.5. The SMILES string of the molecule is N#CC1=NN(c2ccc([N+](=O)[O-])cc2)[B-](F)(F)[n+]2ccccc21. The Hall–Kier alpha value is -3.35. The van der Waals surface area contributed by atoms with Crippen molar-refractivity contribution in [2.75, 3.05) is 4.92 Å². The Morgan fingerprint density at radius 2 is 1.96 bits per heavy atom. The number of hydrogen-bond acceptors (Lipinski definition) is 5. The van der Waals surface area contributed by atoms with Crippen LogP contribution in [0, 0.1) is 21.4 Å². The van der Waals surface area contributed by atoms with Crippen molar-refractivity contribution in [1.82, 2.24) is 0 Å². The Morgan fingerprint density at radius 1 is 1.26 bits per heavy atom. The van der Waals surface area contributed by atoms with Gasteiger partial charge in [-0.25, -0.2) is 0 Å². The van der Waals surface area contributed by atoms with E-state index in [4.69, 9.17) is 5.26 Å². The predicted molar refractivity (Wildman–Crippen MR) is 77.7 cm³/mol. The van der Waals surface area contributed by atoms with E-state index in [1.165, 1.54) is 36.5 Å². The molecule has 0 amide bonds. The fourth-order valence-electron chi connectivity index (χ4n) is 2.32. The van der Waals surface area contributed by atoms with E-state index >= 15 is 0 Å². The molecule has 0 saturated heterocycles. The lowest BCUT2D eigenvalue weighted by molar-refractivity contribution is -0.569. The monoisotopic (exact) mass is 315 g/mol. The van der Waals surface area contributed by atoms with Crippen molar-refractivity contribution >= 4 is 24.1 Å². The second-order valence-electron chi connectivity index (χ2n) is 4.76. The van der Waals surface area contributed by atoms with Gasteiger partial charge in [0.2, 0.25) is 5.71 Å². The lowest BCUT2D eigenvalue weighted by Gasteiger charge is -2.34. The van der Waals surface area contributed by atoms with Crippen LogP contribution in [0.3, 0.4) is 0 Å². The van der Waals surface area contributed by atoms with E-state index in [1.54, 1.807) is 6.07 Å². The summed E-state index contributed by atoms with van der Waals surface area (Å²) in [4.78, 5) is 10.4. The molecule has 2 heterocycles. The topological polar surface area (TPSA) is 86.4 Å². The molecule has 1 aliphatic rings. The van der Waals surface area contributed by atoms with Crippen molar-refractivity contribution in [1.29, 1.82) is 5.26 Å². The summed E-state index contributed by atoms with van der Waals surface area (Å²) in [6.45, 7) is -4.32. The number of halogens is 2. The minimum absolute atomic E-state index is 0.0122. The summed E-state index contributed by atoms with van der Waals surface area (Å²) in [7, 11) is 0. The van der Waals surface area contributed by atoms with Gasteiger partial charge >= 0.3 is 6.97 Å². The van der Waals surface area contributed by atoms with Gasteiger partial charge < -0.3 is 18.0 Å². The smallest absolute Gasteiger partial charge is 0.388 e. The molecule has 23 heavy (non-hydrogen) atoms. The fourth-order valence-corrected chi connectivity index (χ4v) is 2.32. The van der Waals surface area contributed by atoms with Gasteiger partial charge in [-0.2, -0.15) is 10.4 Å². The maximum atomic E-state index is 14.7.